The lowest BCUT2D eigenvalue weighted by atomic mass is 9.96. The topological polar surface area (TPSA) is 116 Å². The number of carboxylic acids is 1. The quantitative estimate of drug-likeness (QED) is 0.545. The van der Waals surface area contributed by atoms with Crippen molar-refractivity contribution in [2.24, 2.45) is 0 Å². The van der Waals surface area contributed by atoms with Crippen LogP contribution in [0.2, 0.25) is 0 Å². The zero-order valence-corrected chi connectivity index (χ0v) is 14.6. The molecule has 0 heterocycles. The lowest BCUT2D eigenvalue weighted by Gasteiger charge is -2.20. The summed E-state index contributed by atoms with van der Waals surface area (Å²) in [6.45, 7) is -0.0490. The van der Waals surface area contributed by atoms with E-state index in [9.17, 15) is 28.6 Å². The zero-order chi connectivity index (χ0) is 20.7. The van der Waals surface area contributed by atoms with Gasteiger partial charge >= 0.3 is 12.1 Å². The van der Waals surface area contributed by atoms with Gasteiger partial charge in [0, 0.05) is 12.1 Å². The maximum atomic E-state index is 13.4. The highest BCUT2D eigenvalue weighted by atomic mass is 19.2. The van der Waals surface area contributed by atoms with Gasteiger partial charge in [0.25, 0.3) is 0 Å². The summed E-state index contributed by atoms with van der Waals surface area (Å²) in [6, 6.07) is 9.90. The number of hydrogen-bond acceptors (Lipinski definition) is 5. The largest absolute Gasteiger partial charge is 0.478 e. The molecule has 7 nitrogen and oxygen atoms in total. The molecular formula is C19H19F2NO6. The number of halogens is 2. The Hall–Kier alpha value is -3.04. The number of benzene rings is 2. The van der Waals surface area contributed by atoms with Crippen LogP contribution in [0, 0.1) is 11.6 Å². The molecule has 2 rings (SSSR count). The average Bonchev–Trinajstić information content (AvgIpc) is 2.68. The molecule has 4 N–H and O–H groups in total. The average molecular weight is 395 g/mol. The Balaban J connectivity index is 1.87. The minimum atomic E-state index is -1.79. The molecule has 150 valence electrons. The molecule has 0 spiro atoms. The fourth-order valence-corrected chi connectivity index (χ4v) is 2.45. The first kappa shape index (κ1) is 21.3. The maximum Gasteiger partial charge on any atom is 0.407 e. The molecule has 2 aromatic rings. The smallest absolute Gasteiger partial charge is 0.407 e. The third-order valence-corrected chi connectivity index (χ3v) is 3.93. The highest BCUT2D eigenvalue weighted by Crippen LogP contribution is 2.25. The van der Waals surface area contributed by atoms with Crippen molar-refractivity contribution in [3.8, 4) is 0 Å². The van der Waals surface area contributed by atoms with E-state index in [0.717, 1.165) is 5.56 Å². The first-order chi connectivity index (χ1) is 13.3. The van der Waals surface area contributed by atoms with Crippen LogP contribution in [0.25, 0.3) is 0 Å². The van der Waals surface area contributed by atoms with Gasteiger partial charge < -0.3 is 25.4 Å². The van der Waals surface area contributed by atoms with Crippen LogP contribution < -0.4 is 5.32 Å². The SMILES string of the molecule is O=C(NCCC(O)C(O)c1cc(F)c(F)cc1C(=O)O)OCc1ccccc1. The summed E-state index contributed by atoms with van der Waals surface area (Å²) in [6.07, 6.45) is -4.25. The number of aliphatic hydroxyl groups is 2. The molecule has 0 aromatic heterocycles. The van der Waals surface area contributed by atoms with Gasteiger partial charge in [-0.15, -0.1) is 0 Å². The normalized spacial score (nSPS) is 12.9. The number of alkyl carbamates (subject to hydrolysis) is 1. The molecule has 0 saturated heterocycles. The van der Waals surface area contributed by atoms with Crippen molar-refractivity contribution in [1.29, 1.82) is 0 Å². The summed E-state index contributed by atoms with van der Waals surface area (Å²) in [5.74, 6) is -4.32. The van der Waals surface area contributed by atoms with Gasteiger partial charge in [-0.2, -0.15) is 0 Å². The molecule has 28 heavy (non-hydrogen) atoms. The van der Waals surface area contributed by atoms with E-state index in [1.807, 2.05) is 6.07 Å². The molecule has 2 unspecified atom stereocenters. The molecule has 0 fully saturated rings. The van der Waals surface area contributed by atoms with Crippen LogP contribution >= 0.6 is 0 Å². The van der Waals surface area contributed by atoms with Crippen molar-refractivity contribution in [3.05, 3.63) is 70.8 Å². The number of aromatic carboxylic acids is 1. The Labute approximate surface area is 159 Å². The van der Waals surface area contributed by atoms with E-state index in [0.29, 0.717) is 12.1 Å². The monoisotopic (exact) mass is 395 g/mol. The summed E-state index contributed by atoms with van der Waals surface area (Å²) in [4.78, 5) is 22.8. The van der Waals surface area contributed by atoms with E-state index in [2.05, 4.69) is 5.32 Å². The number of carbonyl (C=O) groups is 2. The van der Waals surface area contributed by atoms with Crippen LogP contribution in [-0.4, -0.2) is 40.0 Å². The number of amides is 1. The highest BCUT2D eigenvalue weighted by Gasteiger charge is 2.26. The van der Waals surface area contributed by atoms with Crippen molar-refractivity contribution in [2.45, 2.75) is 25.2 Å². The third-order valence-electron chi connectivity index (χ3n) is 3.93. The number of aliphatic hydroxyl groups excluding tert-OH is 2. The van der Waals surface area contributed by atoms with E-state index >= 15 is 0 Å². The maximum absolute atomic E-state index is 13.4. The molecule has 0 bridgehead atoms. The van der Waals surface area contributed by atoms with Crippen LogP contribution in [0.4, 0.5) is 13.6 Å². The predicted molar refractivity (Wildman–Crippen MR) is 93.5 cm³/mol. The lowest BCUT2D eigenvalue weighted by molar-refractivity contribution is 0.0125. The molecule has 0 aliphatic heterocycles. The number of hydrogen-bond donors (Lipinski definition) is 4. The standard InChI is InChI=1S/C19H19F2NO6/c20-14-8-12(13(18(25)26)9-15(14)21)17(24)16(23)6-7-22-19(27)28-10-11-4-2-1-3-5-11/h1-5,8-9,16-17,23-24H,6-7,10H2,(H,22,27)(H,25,26). The molecule has 0 saturated carbocycles. The molecule has 2 atom stereocenters. The van der Waals surface area contributed by atoms with Gasteiger partial charge in [-0.05, 0) is 24.1 Å². The van der Waals surface area contributed by atoms with E-state index in [-0.39, 0.29) is 19.6 Å². The number of ether oxygens (including phenoxy) is 1. The minimum Gasteiger partial charge on any atom is -0.478 e. The molecule has 0 aliphatic carbocycles. The van der Waals surface area contributed by atoms with Crippen LogP contribution in [0.3, 0.4) is 0 Å². The van der Waals surface area contributed by atoms with E-state index in [1.165, 1.54) is 0 Å². The van der Waals surface area contributed by atoms with Gasteiger partial charge in [0.05, 0.1) is 11.7 Å². The van der Waals surface area contributed by atoms with E-state index in [4.69, 9.17) is 9.84 Å². The number of carbonyl (C=O) groups excluding carboxylic acids is 1. The molecule has 2 aromatic carbocycles. The van der Waals surface area contributed by atoms with Crippen molar-refractivity contribution in [2.75, 3.05) is 6.54 Å². The van der Waals surface area contributed by atoms with E-state index < -0.39 is 47.0 Å². The highest BCUT2D eigenvalue weighted by molar-refractivity contribution is 5.89. The Morgan fingerprint density at radius 1 is 1.07 bits per heavy atom. The van der Waals surface area contributed by atoms with Crippen LogP contribution in [0.15, 0.2) is 42.5 Å². The number of nitrogens with one attached hydrogen (secondary N) is 1. The van der Waals surface area contributed by atoms with Crippen molar-refractivity contribution in [1.82, 2.24) is 5.32 Å². The molecule has 0 radical (unpaired) electrons. The summed E-state index contributed by atoms with van der Waals surface area (Å²) in [5.41, 5.74) is -0.348. The number of rotatable bonds is 8. The summed E-state index contributed by atoms with van der Waals surface area (Å²) in [5, 5.41) is 31.5. The van der Waals surface area contributed by atoms with Gasteiger partial charge in [0.1, 0.15) is 12.7 Å². The first-order valence-electron chi connectivity index (χ1n) is 8.32. The Morgan fingerprint density at radius 2 is 1.71 bits per heavy atom. The molecule has 1 amide bonds. The molecule has 0 aliphatic rings. The van der Waals surface area contributed by atoms with Gasteiger partial charge in [-0.1, -0.05) is 30.3 Å². The summed E-state index contributed by atoms with van der Waals surface area (Å²) in [7, 11) is 0. The van der Waals surface area contributed by atoms with E-state index in [1.54, 1.807) is 24.3 Å². The second kappa shape index (κ2) is 9.77. The molecular weight excluding hydrogens is 376 g/mol. The Kier molecular flexibility index (Phi) is 7.42. The van der Waals surface area contributed by atoms with Crippen molar-refractivity contribution < 1.29 is 38.4 Å². The lowest BCUT2D eigenvalue weighted by Crippen LogP contribution is -2.30. The first-order valence-corrected chi connectivity index (χ1v) is 8.32. The molecule has 9 heteroatoms. The summed E-state index contributed by atoms with van der Waals surface area (Å²) < 4.78 is 31.6. The number of carboxylic acid groups (broad SMARTS) is 1. The fourth-order valence-electron chi connectivity index (χ4n) is 2.45. The van der Waals surface area contributed by atoms with Crippen molar-refractivity contribution >= 4 is 12.1 Å². The van der Waals surface area contributed by atoms with Crippen LogP contribution in [-0.2, 0) is 11.3 Å². The zero-order valence-electron chi connectivity index (χ0n) is 14.6. The second-order valence-corrected chi connectivity index (χ2v) is 5.95. The Morgan fingerprint density at radius 3 is 2.36 bits per heavy atom. The van der Waals surface area contributed by atoms with Crippen molar-refractivity contribution in [3.63, 3.8) is 0 Å². The minimum absolute atomic E-state index is 0.0503. The van der Waals surface area contributed by atoms with Gasteiger partial charge in [0.2, 0.25) is 0 Å². The second-order valence-electron chi connectivity index (χ2n) is 5.95. The third kappa shape index (κ3) is 5.73. The van der Waals surface area contributed by atoms with Crippen LogP contribution in [0.1, 0.15) is 34.0 Å². The van der Waals surface area contributed by atoms with Gasteiger partial charge in [0.15, 0.2) is 11.6 Å². The Bertz CT molecular complexity index is 831. The predicted octanol–water partition coefficient (Wildman–Crippen LogP) is 2.37. The van der Waals surface area contributed by atoms with Gasteiger partial charge in [-0.3, -0.25) is 0 Å². The fraction of sp³-hybridized carbons (Fsp3) is 0.263. The summed E-state index contributed by atoms with van der Waals surface area (Å²) >= 11 is 0. The van der Waals surface area contributed by atoms with Gasteiger partial charge in [-0.25, -0.2) is 18.4 Å². The van der Waals surface area contributed by atoms with Crippen LogP contribution in [0.5, 0.6) is 0 Å².